The lowest BCUT2D eigenvalue weighted by Gasteiger charge is -2.28. The molecule has 6 nitrogen and oxygen atoms in total. The zero-order valence-electron chi connectivity index (χ0n) is 13.6. The van der Waals surface area contributed by atoms with E-state index in [1.54, 1.807) is 24.5 Å². The quantitative estimate of drug-likeness (QED) is 0.587. The summed E-state index contributed by atoms with van der Waals surface area (Å²) in [6, 6.07) is 10.7. The van der Waals surface area contributed by atoms with Gasteiger partial charge in [-0.15, -0.1) is 0 Å². The summed E-state index contributed by atoms with van der Waals surface area (Å²) in [6.45, 7) is 2.13. The molecule has 0 aliphatic carbocycles. The number of nitro groups is 1. The van der Waals surface area contributed by atoms with Gasteiger partial charge in [0, 0.05) is 12.6 Å². The van der Waals surface area contributed by atoms with Gasteiger partial charge in [0.2, 0.25) is 0 Å². The van der Waals surface area contributed by atoms with Gasteiger partial charge in [-0.3, -0.25) is 15.0 Å². The molecule has 1 aliphatic heterocycles. The minimum atomic E-state index is -0.410. The van der Waals surface area contributed by atoms with E-state index in [4.69, 9.17) is 9.15 Å². The van der Waals surface area contributed by atoms with E-state index in [0.29, 0.717) is 12.4 Å². The summed E-state index contributed by atoms with van der Waals surface area (Å²) in [5.74, 6) is 1.31. The van der Waals surface area contributed by atoms with E-state index in [1.807, 2.05) is 12.1 Å². The maximum absolute atomic E-state index is 11.0. The van der Waals surface area contributed by atoms with Crippen molar-refractivity contribution < 1.29 is 14.1 Å². The fraction of sp³-hybridized carbons (Fsp3) is 0.444. The van der Waals surface area contributed by atoms with Gasteiger partial charge in [0.05, 0.1) is 17.2 Å². The number of nitro benzene ring substituents is 1. The molecular formula is C18H22N2O4. The molecule has 1 aromatic heterocycles. The molecule has 24 heavy (non-hydrogen) atoms. The molecule has 1 aromatic carbocycles. The first kappa shape index (κ1) is 16.5. The van der Waals surface area contributed by atoms with E-state index in [2.05, 4.69) is 4.90 Å². The van der Waals surface area contributed by atoms with E-state index >= 15 is 0 Å². The zero-order chi connectivity index (χ0) is 16.8. The highest BCUT2D eigenvalue weighted by Crippen LogP contribution is 2.30. The Bertz CT molecular complexity index is 657. The lowest BCUT2D eigenvalue weighted by atomic mass is 10.1. The van der Waals surface area contributed by atoms with Gasteiger partial charge in [0.25, 0.3) is 0 Å². The van der Waals surface area contributed by atoms with Gasteiger partial charge in [-0.05, 0) is 37.6 Å². The number of likely N-dealkylation sites (tertiary alicyclic amines) is 1. The van der Waals surface area contributed by atoms with Crippen LogP contribution in [0.2, 0.25) is 0 Å². The second-order valence-electron chi connectivity index (χ2n) is 5.99. The van der Waals surface area contributed by atoms with Crippen LogP contribution in [-0.4, -0.2) is 29.5 Å². The summed E-state index contributed by atoms with van der Waals surface area (Å²) in [7, 11) is 0. The number of benzene rings is 1. The minimum absolute atomic E-state index is 0.0101. The third-order valence-corrected chi connectivity index (χ3v) is 4.43. The first-order valence-electron chi connectivity index (χ1n) is 8.39. The predicted molar refractivity (Wildman–Crippen MR) is 90.1 cm³/mol. The molecule has 0 radical (unpaired) electrons. The SMILES string of the molecule is O=[N+]([O-])c1ccccc1OCCN1CCCCCC1c1ccco1. The Kier molecular flexibility index (Phi) is 5.48. The van der Waals surface area contributed by atoms with Crippen LogP contribution < -0.4 is 4.74 Å². The highest BCUT2D eigenvalue weighted by atomic mass is 16.6. The first-order valence-corrected chi connectivity index (χ1v) is 8.39. The number of ether oxygens (including phenoxy) is 1. The largest absolute Gasteiger partial charge is 0.485 e. The molecule has 1 atom stereocenters. The number of hydrogen-bond acceptors (Lipinski definition) is 5. The lowest BCUT2D eigenvalue weighted by Crippen LogP contribution is -2.32. The molecule has 0 N–H and O–H groups in total. The van der Waals surface area contributed by atoms with Crippen molar-refractivity contribution in [2.45, 2.75) is 31.7 Å². The van der Waals surface area contributed by atoms with E-state index in [9.17, 15) is 10.1 Å². The average molecular weight is 330 g/mol. The van der Waals surface area contributed by atoms with Crippen molar-refractivity contribution in [3.63, 3.8) is 0 Å². The monoisotopic (exact) mass is 330 g/mol. The third kappa shape index (κ3) is 3.94. The summed E-state index contributed by atoms with van der Waals surface area (Å²) in [6.07, 6.45) is 6.34. The lowest BCUT2D eigenvalue weighted by molar-refractivity contribution is -0.385. The van der Waals surface area contributed by atoms with Crippen molar-refractivity contribution >= 4 is 5.69 Å². The molecule has 128 valence electrons. The van der Waals surface area contributed by atoms with Gasteiger partial charge in [-0.2, -0.15) is 0 Å². The normalized spacial score (nSPS) is 18.9. The molecule has 2 heterocycles. The second kappa shape index (κ2) is 7.97. The molecule has 1 fully saturated rings. The first-order chi connectivity index (χ1) is 11.8. The Morgan fingerprint density at radius 2 is 2.08 bits per heavy atom. The summed E-state index contributed by atoms with van der Waals surface area (Å²) < 4.78 is 11.3. The Balaban J connectivity index is 1.63. The van der Waals surface area contributed by atoms with E-state index < -0.39 is 4.92 Å². The molecule has 1 aliphatic rings. The molecule has 0 amide bonds. The van der Waals surface area contributed by atoms with Crippen molar-refractivity contribution in [1.29, 1.82) is 0 Å². The molecule has 1 unspecified atom stereocenters. The van der Waals surface area contributed by atoms with Crippen LogP contribution in [0.5, 0.6) is 5.75 Å². The number of para-hydroxylation sites is 2. The van der Waals surface area contributed by atoms with Crippen LogP contribution in [0, 0.1) is 10.1 Å². The van der Waals surface area contributed by atoms with Crippen molar-refractivity contribution in [2.24, 2.45) is 0 Å². The van der Waals surface area contributed by atoms with E-state index in [0.717, 1.165) is 31.7 Å². The topological polar surface area (TPSA) is 68.8 Å². The van der Waals surface area contributed by atoms with Gasteiger partial charge in [-0.1, -0.05) is 25.0 Å². The van der Waals surface area contributed by atoms with Crippen LogP contribution in [-0.2, 0) is 0 Å². The maximum atomic E-state index is 11.0. The Morgan fingerprint density at radius 3 is 2.88 bits per heavy atom. The van der Waals surface area contributed by atoms with E-state index in [-0.39, 0.29) is 11.7 Å². The Morgan fingerprint density at radius 1 is 1.21 bits per heavy atom. The molecule has 0 saturated carbocycles. The number of nitrogens with zero attached hydrogens (tertiary/aromatic N) is 2. The standard InChI is InChI=1S/C18H22N2O4/c21-20(22)16-8-3-4-9-18(16)24-14-12-19-11-5-1-2-7-15(19)17-10-6-13-23-17/h3-4,6,8-10,13,15H,1-2,5,7,11-12,14H2. The van der Waals surface area contributed by atoms with Crippen molar-refractivity contribution in [3.05, 3.63) is 58.5 Å². The molecule has 3 rings (SSSR count). The van der Waals surface area contributed by atoms with Crippen LogP contribution in [0.25, 0.3) is 0 Å². The maximum Gasteiger partial charge on any atom is 0.310 e. The van der Waals surface area contributed by atoms with Gasteiger partial charge < -0.3 is 9.15 Å². The van der Waals surface area contributed by atoms with Crippen LogP contribution in [0.3, 0.4) is 0 Å². The van der Waals surface area contributed by atoms with Crippen molar-refractivity contribution in [3.8, 4) is 5.75 Å². The predicted octanol–water partition coefficient (Wildman–Crippen LogP) is 4.18. The summed E-state index contributed by atoms with van der Waals surface area (Å²) in [5, 5.41) is 11.0. The number of hydrogen-bond donors (Lipinski definition) is 0. The fourth-order valence-electron chi connectivity index (χ4n) is 3.24. The molecular weight excluding hydrogens is 308 g/mol. The van der Waals surface area contributed by atoms with Crippen LogP contribution in [0.1, 0.15) is 37.5 Å². The highest BCUT2D eigenvalue weighted by molar-refractivity contribution is 5.45. The number of rotatable bonds is 6. The van der Waals surface area contributed by atoms with Crippen LogP contribution in [0.4, 0.5) is 5.69 Å². The van der Waals surface area contributed by atoms with Gasteiger partial charge in [0.15, 0.2) is 5.75 Å². The zero-order valence-corrected chi connectivity index (χ0v) is 13.6. The highest BCUT2D eigenvalue weighted by Gasteiger charge is 2.24. The number of furan rings is 1. The molecule has 0 spiro atoms. The van der Waals surface area contributed by atoms with E-state index in [1.165, 1.54) is 18.9 Å². The minimum Gasteiger partial charge on any atom is -0.485 e. The fourth-order valence-corrected chi connectivity index (χ4v) is 3.24. The second-order valence-corrected chi connectivity index (χ2v) is 5.99. The molecule has 6 heteroatoms. The van der Waals surface area contributed by atoms with Crippen LogP contribution in [0.15, 0.2) is 47.1 Å². The summed E-state index contributed by atoms with van der Waals surface area (Å²) in [4.78, 5) is 13.0. The van der Waals surface area contributed by atoms with Crippen molar-refractivity contribution in [1.82, 2.24) is 4.90 Å². The van der Waals surface area contributed by atoms with Crippen LogP contribution >= 0.6 is 0 Å². The molecule has 1 saturated heterocycles. The molecule has 0 bridgehead atoms. The third-order valence-electron chi connectivity index (χ3n) is 4.43. The van der Waals surface area contributed by atoms with Gasteiger partial charge in [-0.25, -0.2) is 0 Å². The summed E-state index contributed by atoms with van der Waals surface area (Å²) >= 11 is 0. The molecule has 2 aromatic rings. The Hall–Kier alpha value is -2.34. The average Bonchev–Trinajstić information content (AvgIpc) is 3.02. The smallest absolute Gasteiger partial charge is 0.310 e. The van der Waals surface area contributed by atoms with Gasteiger partial charge in [0.1, 0.15) is 12.4 Å². The van der Waals surface area contributed by atoms with Gasteiger partial charge >= 0.3 is 5.69 Å². The summed E-state index contributed by atoms with van der Waals surface area (Å²) in [5.41, 5.74) is 0.0101. The Labute approximate surface area is 141 Å². The van der Waals surface area contributed by atoms with Crippen molar-refractivity contribution in [2.75, 3.05) is 19.7 Å².